The van der Waals surface area contributed by atoms with Crippen LogP contribution in [-0.2, 0) is 9.84 Å². The Hall–Kier alpha value is -2.59. The van der Waals surface area contributed by atoms with Gasteiger partial charge in [-0.1, -0.05) is 0 Å². The lowest BCUT2D eigenvalue weighted by Crippen LogP contribution is -2.44. The number of nitrogens with one attached hydrogen (secondary N) is 1. The van der Waals surface area contributed by atoms with Gasteiger partial charge in [-0.15, -0.1) is 0 Å². The summed E-state index contributed by atoms with van der Waals surface area (Å²) in [4.78, 5) is 20.4. The molecule has 1 aromatic carbocycles. The highest BCUT2D eigenvalue weighted by Gasteiger charge is 2.26. The third kappa shape index (κ3) is 4.45. The summed E-state index contributed by atoms with van der Waals surface area (Å²) in [6.45, 7) is 3.74. The summed E-state index contributed by atoms with van der Waals surface area (Å²) in [7, 11) is -2.61. The van der Waals surface area contributed by atoms with Crippen LogP contribution in [0.2, 0.25) is 0 Å². The molecule has 1 fully saturated rings. The molecule has 1 N–H and O–H groups in total. The molecule has 0 aliphatic carbocycles. The summed E-state index contributed by atoms with van der Waals surface area (Å²) >= 11 is 0. The summed E-state index contributed by atoms with van der Waals surface area (Å²) in [6, 6.07) is 7.89. The lowest BCUT2D eigenvalue weighted by Gasteiger charge is -2.33. The fraction of sp³-hybridized carbons (Fsp3) is 0.333. The van der Waals surface area contributed by atoms with Crippen molar-refractivity contribution >= 4 is 27.2 Å². The zero-order valence-corrected chi connectivity index (χ0v) is 16.0. The number of piperazine rings is 1. The fourth-order valence-electron chi connectivity index (χ4n) is 2.80. The number of anilines is 2. The van der Waals surface area contributed by atoms with Crippen LogP contribution in [0, 0.1) is 0 Å². The van der Waals surface area contributed by atoms with Gasteiger partial charge in [0.05, 0.1) is 16.8 Å². The Labute approximate surface area is 161 Å². The van der Waals surface area contributed by atoms with Crippen LogP contribution in [0.1, 0.15) is 10.4 Å². The number of likely N-dealkylation sites (N-methyl/N-ethyl adjacent to an activating group) is 1. The minimum Gasteiger partial charge on any atom is -0.368 e. The molecule has 0 spiro atoms. The second kappa shape index (κ2) is 8.19. The number of pyridine rings is 1. The number of carbonyl (C=O) groups excluding carboxylic acids is 1. The number of amides is 1. The number of benzene rings is 1. The highest BCUT2D eigenvalue weighted by molar-refractivity contribution is 7.91. The van der Waals surface area contributed by atoms with Crippen LogP contribution < -0.4 is 10.2 Å². The third-order valence-electron chi connectivity index (χ3n) is 4.54. The number of nitrogens with zero attached hydrogens (tertiary/aromatic N) is 3. The second-order valence-corrected chi connectivity index (χ2v) is 8.39. The van der Waals surface area contributed by atoms with Crippen LogP contribution in [0.25, 0.3) is 0 Å². The van der Waals surface area contributed by atoms with Crippen molar-refractivity contribution in [1.29, 1.82) is 0 Å². The molecule has 1 aliphatic heterocycles. The number of sulfone groups is 1. The van der Waals surface area contributed by atoms with Gasteiger partial charge in [-0.05, 0) is 43.4 Å². The van der Waals surface area contributed by atoms with Gasteiger partial charge in [-0.3, -0.25) is 4.79 Å². The van der Waals surface area contributed by atoms with Crippen molar-refractivity contribution in [3.8, 4) is 0 Å². The number of hydrogen-bond donors (Lipinski definition) is 1. The molecule has 150 valence electrons. The molecule has 0 radical (unpaired) electrons. The monoisotopic (exact) mass is 410 g/mol. The van der Waals surface area contributed by atoms with E-state index in [-0.39, 0.29) is 5.56 Å². The van der Waals surface area contributed by atoms with Gasteiger partial charge in [0.25, 0.3) is 5.91 Å². The van der Waals surface area contributed by atoms with E-state index < -0.39 is 26.4 Å². The standard InChI is InChI=1S/C18H20F2N4O3S/c1-23-8-10-24(11-9-23)14-4-7-16(21-12-14)22-17(25)13-2-5-15(6-3-13)28(26,27)18(19)20/h2-7,12,18H,8-11H2,1H3,(H,21,22,25). The van der Waals surface area contributed by atoms with E-state index in [1.165, 1.54) is 12.1 Å². The van der Waals surface area contributed by atoms with E-state index in [2.05, 4.69) is 27.1 Å². The van der Waals surface area contributed by atoms with Gasteiger partial charge in [0.1, 0.15) is 5.82 Å². The van der Waals surface area contributed by atoms with Crippen molar-refractivity contribution in [2.24, 2.45) is 0 Å². The first-order valence-electron chi connectivity index (χ1n) is 8.60. The van der Waals surface area contributed by atoms with E-state index in [4.69, 9.17) is 0 Å². The molecule has 1 amide bonds. The zero-order chi connectivity index (χ0) is 20.3. The number of hydrogen-bond acceptors (Lipinski definition) is 6. The predicted octanol–water partition coefficient (Wildman–Crippen LogP) is 2.08. The maximum absolute atomic E-state index is 12.5. The van der Waals surface area contributed by atoms with E-state index in [0.717, 1.165) is 44.0 Å². The van der Waals surface area contributed by atoms with E-state index in [9.17, 15) is 22.0 Å². The van der Waals surface area contributed by atoms with E-state index >= 15 is 0 Å². The fourth-order valence-corrected chi connectivity index (χ4v) is 3.52. The van der Waals surface area contributed by atoms with Gasteiger partial charge in [-0.25, -0.2) is 13.4 Å². The van der Waals surface area contributed by atoms with Crippen LogP contribution in [0.4, 0.5) is 20.3 Å². The Morgan fingerprint density at radius 3 is 2.25 bits per heavy atom. The van der Waals surface area contributed by atoms with Crippen LogP contribution in [0.15, 0.2) is 47.5 Å². The molecule has 1 aliphatic rings. The normalized spacial score (nSPS) is 15.6. The van der Waals surface area contributed by atoms with Crippen LogP contribution in [0.3, 0.4) is 0 Å². The first-order chi connectivity index (χ1) is 13.3. The van der Waals surface area contributed by atoms with Crippen molar-refractivity contribution < 1.29 is 22.0 Å². The number of halogens is 2. The van der Waals surface area contributed by atoms with Crippen LogP contribution in [-0.4, -0.2) is 63.2 Å². The molecule has 1 aromatic heterocycles. The van der Waals surface area contributed by atoms with Gasteiger partial charge in [0.15, 0.2) is 0 Å². The van der Waals surface area contributed by atoms with Crippen LogP contribution in [0.5, 0.6) is 0 Å². The Bertz CT molecular complexity index is 926. The summed E-state index contributed by atoms with van der Waals surface area (Å²) in [5.41, 5.74) is 1.10. The maximum atomic E-state index is 12.5. The Morgan fingerprint density at radius 1 is 1.07 bits per heavy atom. The molecule has 0 atom stereocenters. The van der Waals surface area contributed by atoms with E-state index in [1.54, 1.807) is 12.3 Å². The minimum absolute atomic E-state index is 0.137. The van der Waals surface area contributed by atoms with Crippen LogP contribution >= 0.6 is 0 Å². The lowest BCUT2D eigenvalue weighted by atomic mass is 10.2. The highest BCUT2D eigenvalue weighted by atomic mass is 32.2. The summed E-state index contributed by atoms with van der Waals surface area (Å²) in [6.07, 6.45) is 1.68. The van der Waals surface area contributed by atoms with Crippen molar-refractivity contribution in [1.82, 2.24) is 9.88 Å². The molecular weight excluding hydrogens is 390 g/mol. The molecule has 3 rings (SSSR count). The van der Waals surface area contributed by atoms with Crippen molar-refractivity contribution in [2.45, 2.75) is 10.7 Å². The Kier molecular flexibility index (Phi) is 5.90. The molecule has 0 bridgehead atoms. The number of rotatable bonds is 5. The lowest BCUT2D eigenvalue weighted by molar-refractivity contribution is 0.102. The Balaban J connectivity index is 1.64. The summed E-state index contributed by atoms with van der Waals surface area (Å²) in [5.74, 6) is -3.68. The van der Waals surface area contributed by atoms with Gasteiger partial charge >= 0.3 is 5.76 Å². The van der Waals surface area contributed by atoms with Gasteiger partial charge in [0, 0.05) is 31.7 Å². The average Bonchev–Trinajstić information content (AvgIpc) is 2.69. The van der Waals surface area contributed by atoms with Crippen molar-refractivity contribution in [2.75, 3.05) is 43.4 Å². The average molecular weight is 410 g/mol. The third-order valence-corrected chi connectivity index (χ3v) is 5.94. The molecule has 10 heteroatoms. The Morgan fingerprint density at radius 2 is 1.71 bits per heavy atom. The maximum Gasteiger partial charge on any atom is 0.341 e. The molecule has 2 aromatic rings. The van der Waals surface area contributed by atoms with Crippen molar-refractivity contribution in [3.05, 3.63) is 48.2 Å². The quantitative estimate of drug-likeness (QED) is 0.813. The summed E-state index contributed by atoms with van der Waals surface area (Å²) < 4.78 is 47.9. The molecule has 7 nitrogen and oxygen atoms in total. The topological polar surface area (TPSA) is 82.6 Å². The van der Waals surface area contributed by atoms with Gasteiger partial charge in [0.2, 0.25) is 9.84 Å². The molecular formula is C18H20F2N4O3S. The highest BCUT2D eigenvalue weighted by Crippen LogP contribution is 2.20. The molecule has 1 saturated heterocycles. The minimum atomic E-state index is -4.68. The SMILES string of the molecule is CN1CCN(c2ccc(NC(=O)c3ccc(S(=O)(=O)C(F)F)cc3)nc2)CC1. The van der Waals surface area contributed by atoms with Gasteiger partial charge < -0.3 is 15.1 Å². The first-order valence-corrected chi connectivity index (χ1v) is 10.1. The zero-order valence-electron chi connectivity index (χ0n) is 15.2. The van der Waals surface area contributed by atoms with E-state index in [1.807, 2.05) is 6.07 Å². The molecule has 0 unspecified atom stereocenters. The molecule has 28 heavy (non-hydrogen) atoms. The molecule has 0 saturated carbocycles. The van der Waals surface area contributed by atoms with Crippen molar-refractivity contribution in [3.63, 3.8) is 0 Å². The largest absolute Gasteiger partial charge is 0.368 e. The second-order valence-electron chi connectivity index (χ2n) is 6.48. The predicted molar refractivity (Wildman–Crippen MR) is 102 cm³/mol. The first kappa shape index (κ1) is 20.2. The van der Waals surface area contributed by atoms with E-state index in [0.29, 0.717) is 5.82 Å². The van der Waals surface area contributed by atoms with Gasteiger partial charge in [-0.2, -0.15) is 8.78 Å². The summed E-state index contributed by atoms with van der Waals surface area (Å²) in [5, 5.41) is 2.60. The molecule has 2 heterocycles. The number of aromatic nitrogens is 1. The number of alkyl halides is 2. The number of carbonyl (C=O) groups is 1. The smallest absolute Gasteiger partial charge is 0.341 e.